The Morgan fingerprint density at radius 2 is 2.09 bits per heavy atom. The molecule has 2 fully saturated rings. The van der Waals surface area contributed by atoms with Gasteiger partial charge < -0.3 is 20.4 Å². The molecule has 0 spiro atoms. The number of hydrogen-bond acceptors (Lipinski definition) is 4. The van der Waals surface area contributed by atoms with Crippen LogP contribution in [-0.4, -0.2) is 59.4 Å². The number of fused-ring (bicyclic) bond motifs is 1. The summed E-state index contributed by atoms with van der Waals surface area (Å²) < 4.78 is 0. The minimum absolute atomic E-state index is 0.142. The molecule has 3 rings (SSSR count). The summed E-state index contributed by atoms with van der Waals surface area (Å²) in [6.45, 7) is 7.53. The van der Waals surface area contributed by atoms with Crippen molar-refractivity contribution in [2.45, 2.75) is 90.3 Å². The zero-order chi connectivity index (χ0) is 22.9. The molecule has 1 amide bonds. The van der Waals surface area contributed by atoms with Gasteiger partial charge in [-0.1, -0.05) is 56.9 Å². The van der Waals surface area contributed by atoms with Crippen LogP contribution in [0.15, 0.2) is 23.8 Å². The lowest BCUT2D eigenvalue weighted by Gasteiger charge is -2.26. The van der Waals surface area contributed by atoms with Gasteiger partial charge in [0.1, 0.15) is 0 Å². The summed E-state index contributed by atoms with van der Waals surface area (Å²) in [5.74, 6) is 1.81. The van der Waals surface area contributed by atoms with Crippen LogP contribution in [0.4, 0.5) is 0 Å². The Kier molecular flexibility index (Phi) is 10.3. The lowest BCUT2D eigenvalue weighted by Crippen LogP contribution is -2.41. The third kappa shape index (κ3) is 7.43. The van der Waals surface area contributed by atoms with Gasteiger partial charge in [-0.05, 0) is 69.2 Å². The second-order valence-corrected chi connectivity index (χ2v) is 10.5. The van der Waals surface area contributed by atoms with Crippen LogP contribution < -0.4 is 5.32 Å². The fourth-order valence-electron chi connectivity index (χ4n) is 5.91. The number of nitrogens with zero attached hydrogens (tertiary/aromatic N) is 1. The number of hydrogen-bond donors (Lipinski definition) is 3. The lowest BCUT2D eigenvalue weighted by molar-refractivity contribution is -0.131. The highest BCUT2D eigenvalue weighted by Gasteiger charge is 2.43. The first kappa shape index (κ1) is 25.5. The number of aliphatic hydroxyl groups excluding tert-OH is 2. The number of nitrogens with one attached hydrogen (secondary N) is 1. The second kappa shape index (κ2) is 12.9. The molecular formula is C27H46N2O3. The molecule has 32 heavy (non-hydrogen) atoms. The fraction of sp³-hybridized carbons (Fsp3) is 0.815. The normalized spacial score (nSPS) is 29.9. The molecular weight excluding hydrogens is 400 g/mol. The maximum Gasteiger partial charge on any atom is 0.236 e. The zero-order valence-electron chi connectivity index (χ0n) is 20.3. The number of carbonyl (C=O) groups excluding carboxylic acids is 1. The summed E-state index contributed by atoms with van der Waals surface area (Å²) in [4.78, 5) is 14.3. The van der Waals surface area contributed by atoms with Gasteiger partial charge >= 0.3 is 0 Å². The Bertz CT molecular complexity index is 641. The van der Waals surface area contributed by atoms with E-state index in [1.54, 1.807) is 0 Å². The SMILES string of the molecule is CCCC[C@H](C)C[C@H](O)C=C[C@@H]1[C@H]2CC(CCNCC(=O)N3CCCCC3)=C[C@H]2C[C@H]1O. The molecule has 1 saturated carbocycles. The fourth-order valence-corrected chi connectivity index (χ4v) is 5.91. The standard InChI is InChI=1S/C27H46N2O3/c1-3-4-8-20(2)15-23(30)9-10-24-25-17-21(16-22(25)18-26(24)31)11-12-28-19-27(32)29-13-6-5-7-14-29/h9-10,16,20,22-26,28,30-31H,3-8,11-15,17-19H2,1-2H3/t20-,22-,23+,24+,25-,26+/m0/s1. The summed E-state index contributed by atoms with van der Waals surface area (Å²) in [6, 6.07) is 0. The molecule has 5 nitrogen and oxygen atoms in total. The van der Waals surface area contributed by atoms with Gasteiger partial charge in [0.2, 0.25) is 5.91 Å². The van der Waals surface area contributed by atoms with Crippen LogP contribution in [0.25, 0.3) is 0 Å². The summed E-state index contributed by atoms with van der Waals surface area (Å²) in [7, 11) is 0. The number of aliphatic hydroxyl groups is 2. The van der Waals surface area contributed by atoms with E-state index in [1.807, 2.05) is 11.0 Å². The molecule has 1 aliphatic heterocycles. The van der Waals surface area contributed by atoms with E-state index in [1.165, 1.54) is 31.3 Å². The van der Waals surface area contributed by atoms with Crippen LogP contribution in [0.5, 0.6) is 0 Å². The minimum Gasteiger partial charge on any atom is -0.392 e. The lowest BCUT2D eigenvalue weighted by atomic mass is 9.88. The summed E-state index contributed by atoms with van der Waals surface area (Å²) in [6.07, 6.45) is 16.4. The molecule has 3 aliphatic rings. The van der Waals surface area contributed by atoms with E-state index in [9.17, 15) is 15.0 Å². The van der Waals surface area contributed by atoms with E-state index >= 15 is 0 Å². The maximum atomic E-state index is 12.3. The number of carbonyl (C=O) groups is 1. The van der Waals surface area contributed by atoms with Crippen molar-refractivity contribution in [2.75, 3.05) is 26.2 Å². The van der Waals surface area contributed by atoms with Crippen molar-refractivity contribution in [1.82, 2.24) is 10.2 Å². The summed E-state index contributed by atoms with van der Waals surface area (Å²) in [5, 5.41) is 24.3. The number of likely N-dealkylation sites (tertiary alicyclic amines) is 1. The molecule has 0 aromatic rings. The second-order valence-electron chi connectivity index (χ2n) is 10.5. The van der Waals surface area contributed by atoms with Crippen molar-refractivity contribution < 1.29 is 15.0 Å². The third-order valence-corrected chi connectivity index (χ3v) is 7.81. The Balaban J connectivity index is 1.38. The molecule has 6 atom stereocenters. The quantitative estimate of drug-likeness (QED) is 0.312. The molecule has 5 heteroatoms. The Morgan fingerprint density at radius 3 is 2.84 bits per heavy atom. The summed E-state index contributed by atoms with van der Waals surface area (Å²) >= 11 is 0. The van der Waals surface area contributed by atoms with Crippen LogP contribution in [-0.2, 0) is 4.79 Å². The van der Waals surface area contributed by atoms with Gasteiger partial charge in [0, 0.05) is 19.0 Å². The molecule has 3 N–H and O–H groups in total. The topological polar surface area (TPSA) is 72.8 Å². The van der Waals surface area contributed by atoms with E-state index in [-0.39, 0.29) is 17.9 Å². The maximum absolute atomic E-state index is 12.3. The molecule has 1 heterocycles. The highest BCUT2D eigenvalue weighted by Crippen LogP contribution is 2.47. The number of allylic oxidation sites excluding steroid dienone is 1. The van der Waals surface area contributed by atoms with Gasteiger partial charge in [0.15, 0.2) is 0 Å². The average Bonchev–Trinajstić information content (AvgIpc) is 3.30. The molecule has 0 unspecified atom stereocenters. The van der Waals surface area contributed by atoms with Gasteiger partial charge in [-0.2, -0.15) is 0 Å². The van der Waals surface area contributed by atoms with E-state index in [2.05, 4.69) is 31.3 Å². The number of piperidine rings is 1. The number of rotatable bonds is 12. The molecule has 0 radical (unpaired) electrons. The van der Waals surface area contributed by atoms with Crippen molar-refractivity contribution >= 4 is 5.91 Å². The molecule has 182 valence electrons. The van der Waals surface area contributed by atoms with Crippen molar-refractivity contribution in [1.29, 1.82) is 0 Å². The van der Waals surface area contributed by atoms with Crippen LogP contribution in [0.3, 0.4) is 0 Å². The number of unbranched alkanes of at least 4 members (excludes halogenated alkanes) is 1. The van der Waals surface area contributed by atoms with Crippen LogP contribution in [0.2, 0.25) is 0 Å². The van der Waals surface area contributed by atoms with Crippen molar-refractivity contribution in [2.24, 2.45) is 23.7 Å². The van der Waals surface area contributed by atoms with Gasteiger partial charge in [0.25, 0.3) is 0 Å². The first-order chi connectivity index (χ1) is 15.5. The van der Waals surface area contributed by atoms with Crippen LogP contribution >= 0.6 is 0 Å². The van der Waals surface area contributed by atoms with Crippen LogP contribution in [0.1, 0.15) is 78.1 Å². The molecule has 1 saturated heterocycles. The van der Waals surface area contributed by atoms with E-state index < -0.39 is 6.10 Å². The molecule has 2 aliphatic carbocycles. The zero-order valence-corrected chi connectivity index (χ0v) is 20.3. The Morgan fingerprint density at radius 1 is 1.31 bits per heavy atom. The Labute approximate surface area is 195 Å². The van der Waals surface area contributed by atoms with E-state index in [0.717, 1.165) is 58.2 Å². The highest BCUT2D eigenvalue weighted by atomic mass is 16.3. The predicted octanol–water partition coefficient (Wildman–Crippen LogP) is 4.06. The minimum atomic E-state index is -0.413. The predicted molar refractivity (Wildman–Crippen MR) is 130 cm³/mol. The van der Waals surface area contributed by atoms with Gasteiger partial charge in [0.05, 0.1) is 18.8 Å². The van der Waals surface area contributed by atoms with Gasteiger partial charge in [-0.25, -0.2) is 0 Å². The molecule has 0 bridgehead atoms. The highest BCUT2D eigenvalue weighted by molar-refractivity contribution is 5.78. The van der Waals surface area contributed by atoms with E-state index in [0.29, 0.717) is 24.3 Å². The third-order valence-electron chi connectivity index (χ3n) is 7.81. The molecule has 0 aromatic heterocycles. The Hall–Kier alpha value is -1.17. The van der Waals surface area contributed by atoms with Crippen molar-refractivity contribution in [3.63, 3.8) is 0 Å². The first-order valence-corrected chi connectivity index (χ1v) is 13.2. The van der Waals surface area contributed by atoms with Gasteiger partial charge in [-0.15, -0.1) is 0 Å². The van der Waals surface area contributed by atoms with Crippen molar-refractivity contribution in [3.8, 4) is 0 Å². The average molecular weight is 447 g/mol. The van der Waals surface area contributed by atoms with E-state index in [4.69, 9.17) is 0 Å². The van der Waals surface area contributed by atoms with Crippen LogP contribution in [0, 0.1) is 23.7 Å². The summed E-state index contributed by atoms with van der Waals surface area (Å²) in [5.41, 5.74) is 1.46. The smallest absolute Gasteiger partial charge is 0.236 e. The monoisotopic (exact) mass is 446 g/mol. The largest absolute Gasteiger partial charge is 0.392 e. The van der Waals surface area contributed by atoms with Crippen molar-refractivity contribution in [3.05, 3.63) is 23.8 Å². The first-order valence-electron chi connectivity index (χ1n) is 13.2. The van der Waals surface area contributed by atoms with Gasteiger partial charge in [-0.3, -0.25) is 4.79 Å². The molecule has 0 aromatic carbocycles. The number of amides is 1.